The van der Waals surface area contributed by atoms with Gasteiger partial charge in [0.05, 0.1) is 33.3 Å². The van der Waals surface area contributed by atoms with Crippen LogP contribution in [0.25, 0.3) is 10.9 Å². The maximum absolute atomic E-state index is 12.3. The van der Waals surface area contributed by atoms with Crippen molar-refractivity contribution in [2.45, 2.75) is 32.4 Å². The number of ether oxygens (including phenoxy) is 2. The third-order valence-electron chi connectivity index (χ3n) is 6.14. The van der Waals surface area contributed by atoms with Crippen molar-refractivity contribution in [1.29, 1.82) is 0 Å². The number of aryl methyl sites for hydroxylation is 1. The fourth-order valence-corrected chi connectivity index (χ4v) is 4.06. The molecule has 0 radical (unpaired) electrons. The Hall–Kier alpha value is -2.84. The number of quaternary nitrogens is 1. The number of nitrogens with zero attached hydrogens (tertiary/aromatic N) is 2. The summed E-state index contributed by atoms with van der Waals surface area (Å²) in [4.78, 5) is 12.3. The second-order valence-electron chi connectivity index (χ2n) is 9.76. The first-order chi connectivity index (χ1) is 16.9. The highest BCUT2D eigenvalue weighted by Gasteiger charge is 2.14. The van der Waals surface area contributed by atoms with E-state index >= 15 is 0 Å². The van der Waals surface area contributed by atoms with E-state index in [9.17, 15) is 4.79 Å². The number of rotatable bonds is 11. The number of unbranched alkanes of at least 4 members (excludes halogenated alkanes) is 2. The lowest BCUT2D eigenvalue weighted by atomic mass is 10.2. The molecule has 4 aromatic rings. The molecule has 0 saturated heterocycles. The second kappa shape index (κ2) is 12.9. The Labute approximate surface area is 231 Å². The molecule has 1 heterocycles. The van der Waals surface area contributed by atoms with E-state index in [1.165, 1.54) is 10.9 Å². The van der Waals surface area contributed by atoms with Crippen molar-refractivity contribution in [3.05, 3.63) is 96.2 Å². The maximum Gasteiger partial charge on any atom is 0.338 e. The smallest absolute Gasteiger partial charge is 0.338 e. The van der Waals surface area contributed by atoms with Crippen LogP contribution in [0.15, 0.2) is 85.1 Å². The number of benzene rings is 3. The van der Waals surface area contributed by atoms with Crippen LogP contribution < -0.4 is 33.2 Å². The van der Waals surface area contributed by atoms with Gasteiger partial charge in [-0.3, -0.25) is 4.48 Å². The summed E-state index contributed by atoms with van der Waals surface area (Å²) in [5, 5.41) is 1.18. The monoisotopic (exact) mass is 598 g/mol. The number of hydrogen-bond donors (Lipinski definition) is 0. The molecular formula is C30H35IN2O3. The van der Waals surface area contributed by atoms with E-state index in [0.29, 0.717) is 18.8 Å². The lowest BCUT2D eigenvalue weighted by Crippen LogP contribution is -3.00. The molecule has 6 heteroatoms. The number of fused-ring (bicyclic) bond motifs is 1. The minimum Gasteiger partial charge on any atom is -1.00 e. The van der Waals surface area contributed by atoms with Crippen LogP contribution in [0.4, 0.5) is 5.69 Å². The molecule has 0 N–H and O–H groups in total. The van der Waals surface area contributed by atoms with E-state index < -0.39 is 0 Å². The number of hydrogen-bond acceptors (Lipinski definition) is 3. The predicted octanol–water partition coefficient (Wildman–Crippen LogP) is 3.45. The van der Waals surface area contributed by atoms with E-state index in [4.69, 9.17) is 9.47 Å². The summed E-state index contributed by atoms with van der Waals surface area (Å²) in [5.41, 5.74) is 4.12. The fourth-order valence-electron chi connectivity index (χ4n) is 4.06. The van der Waals surface area contributed by atoms with E-state index in [2.05, 4.69) is 62.2 Å². The molecule has 0 aliphatic heterocycles. The van der Waals surface area contributed by atoms with E-state index in [1.54, 1.807) is 0 Å². The van der Waals surface area contributed by atoms with Crippen molar-refractivity contribution in [2.75, 3.05) is 27.7 Å². The molecule has 36 heavy (non-hydrogen) atoms. The van der Waals surface area contributed by atoms with Gasteiger partial charge in [-0.25, -0.2) is 4.79 Å². The summed E-state index contributed by atoms with van der Waals surface area (Å²) in [5.74, 6) is 0.632. The number of aromatic nitrogens is 1. The highest BCUT2D eigenvalue weighted by Crippen LogP contribution is 2.23. The molecule has 0 aliphatic carbocycles. The molecule has 0 atom stereocenters. The normalized spacial score (nSPS) is 11.2. The topological polar surface area (TPSA) is 40.5 Å². The van der Waals surface area contributed by atoms with Crippen molar-refractivity contribution < 1.29 is 38.2 Å². The molecule has 4 rings (SSSR count). The first kappa shape index (κ1) is 27.7. The Morgan fingerprint density at radius 1 is 0.861 bits per heavy atom. The maximum atomic E-state index is 12.3. The molecule has 0 bridgehead atoms. The average molecular weight is 599 g/mol. The Morgan fingerprint density at radius 2 is 1.61 bits per heavy atom. The molecule has 0 amide bonds. The van der Waals surface area contributed by atoms with Crippen LogP contribution in [0.2, 0.25) is 0 Å². The third kappa shape index (κ3) is 7.58. The van der Waals surface area contributed by atoms with Crippen LogP contribution in [-0.2, 0) is 17.9 Å². The van der Waals surface area contributed by atoms with Gasteiger partial charge in [-0.15, -0.1) is 0 Å². The molecule has 0 saturated carbocycles. The quantitative estimate of drug-likeness (QED) is 0.115. The highest BCUT2D eigenvalue weighted by molar-refractivity contribution is 5.89. The summed E-state index contributed by atoms with van der Waals surface area (Å²) >= 11 is 0. The van der Waals surface area contributed by atoms with Gasteiger partial charge in [0.2, 0.25) is 0 Å². The number of esters is 1. The summed E-state index contributed by atoms with van der Waals surface area (Å²) < 4.78 is 14.4. The zero-order valence-electron chi connectivity index (χ0n) is 21.3. The van der Waals surface area contributed by atoms with Gasteiger partial charge in [0.15, 0.2) is 0 Å². The molecule has 190 valence electrons. The Kier molecular flexibility index (Phi) is 9.96. The van der Waals surface area contributed by atoms with Gasteiger partial charge in [0, 0.05) is 23.6 Å². The first-order valence-corrected chi connectivity index (χ1v) is 12.2. The van der Waals surface area contributed by atoms with Crippen molar-refractivity contribution in [1.82, 2.24) is 9.05 Å². The van der Waals surface area contributed by atoms with Gasteiger partial charge >= 0.3 is 5.97 Å². The van der Waals surface area contributed by atoms with Crippen molar-refractivity contribution in [3.8, 4) is 5.75 Å². The zero-order valence-corrected chi connectivity index (χ0v) is 23.5. The van der Waals surface area contributed by atoms with Crippen LogP contribution in [0.1, 0.15) is 35.2 Å². The SMILES string of the molecule is C[N+](C)(C)c1ccc(C(=O)OCCCCCn2ccc3cc(OCc4ccccc4)ccc32)cc1.[I-]. The minimum atomic E-state index is -0.250. The lowest BCUT2D eigenvalue weighted by Gasteiger charge is -2.23. The number of halogens is 1. The molecular weight excluding hydrogens is 563 g/mol. The number of carbonyl (C=O) groups excluding carboxylic acids is 1. The molecule has 0 aliphatic rings. The third-order valence-corrected chi connectivity index (χ3v) is 6.14. The second-order valence-corrected chi connectivity index (χ2v) is 9.76. The molecule has 1 aromatic heterocycles. The van der Waals surface area contributed by atoms with Crippen LogP contribution in [0.5, 0.6) is 5.75 Å². The van der Waals surface area contributed by atoms with Crippen molar-refractivity contribution >= 4 is 22.6 Å². The summed E-state index contributed by atoms with van der Waals surface area (Å²) in [7, 11) is 6.30. The summed E-state index contributed by atoms with van der Waals surface area (Å²) in [6.45, 7) is 1.96. The van der Waals surface area contributed by atoms with Crippen molar-refractivity contribution in [3.63, 3.8) is 0 Å². The van der Waals surface area contributed by atoms with Gasteiger partial charge in [0.1, 0.15) is 18.0 Å². The van der Waals surface area contributed by atoms with Crippen LogP contribution in [0, 0.1) is 0 Å². The van der Waals surface area contributed by atoms with Crippen LogP contribution in [-0.4, -0.2) is 38.3 Å². The number of carbonyl (C=O) groups is 1. The zero-order chi connectivity index (χ0) is 24.7. The van der Waals surface area contributed by atoms with Crippen LogP contribution in [0.3, 0.4) is 0 Å². The van der Waals surface area contributed by atoms with E-state index in [0.717, 1.165) is 47.3 Å². The summed E-state index contributed by atoms with van der Waals surface area (Å²) in [6, 6.07) is 26.2. The Balaban J connectivity index is 0.00000361. The highest BCUT2D eigenvalue weighted by atomic mass is 127. The Morgan fingerprint density at radius 3 is 2.33 bits per heavy atom. The summed E-state index contributed by atoms with van der Waals surface area (Å²) in [6.07, 6.45) is 5.03. The predicted molar refractivity (Wildman–Crippen MR) is 143 cm³/mol. The lowest BCUT2D eigenvalue weighted by molar-refractivity contribution is -0.0000259. The average Bonchev–Trinajstić information content (AvgIpc) is 3.27. The molecule has 0 spiro atoms. The first-order valence-electron chi connectivity index (χ1n) is 12.2. The van der Waals surface area contributed by atoms with Crippen molar-refractivity contribution in [2.24, 2.45) is 0 Å². The van der Waals surface area contributed by atoms with Gasteiger partial charge in [-0.2, -0.15) is 0 Å². The van der Waals surface area contributed by atoms with Gasteiger partial charge in [-0.1, -0.05) is 30.3 Å². The molecule has 5 nitrogen and oxygen atoms in total. The van der Waals surface area contributed by atoms with E-state index in [1.807, 2.05) is 48.5 Å². The standard InChI is InChI=1S/C30H35N2O3.HI/c1-32(2,3)27-14-12-25(13-15-27)30(33)34-21-9-5-8-19-31-20-18-26-22-28(16-17-29(26)31)35-23-24-10-6-4-7-11-24;/h4,6-7,10-18,20,22H,5,8-9,19,21,23H2,1-3H3;1H/q+1;/p-1. The largest absolute Gasteiger partial charge is 1.00 e. The molecule has 3 aromatic carbocycles. The molecule has 0 fully saturated rings. The van der Waals surface area contributed by atoms with Crippen LogP contribution >= 0.6 is 0 Å². The van der Waals surface area contributed by atoms with Gasteiger partial charge in [0.25, 0.3) is 0 Å². The fraction of sp³-hybridized carbons (Fsp3) is 0.300. The minimum absolute atomic E-state index is 0. The molecule has 0 unspecified atom stereocenters. The Bertz CT molecular complexity index is 1240. The van der Waals surface area contributed by atoms with E-state index in [-0.39, 0.29) is 29.9 Å². The van der Waals surface area contributed by atoms with Gasteiger partial charge in [-0.05, 0) is 73.4 Å². The van der Waals surface area contributed by atoms with Gasteiger partial charge < -0.3 is 38.0 Å².